The van der Waals surface area contributed by atoms with E-state index in [0.29, 0.717) is 17.4 Å². The number of piperidine rings is 1. The second-order valence-electron chi connectivity index (χ2n) is 10.1. The van der Waals surface area contributed by atoms with E-state index in [1.807, 2.05) is 29.3 Å². The van der Waals surface area contributed by atoms with Gasteiger partial charge in [-0.2, -0.15) is 5.10 Å². The summed E-state index contributed by atoms with van der Waals surface area (Å²) in [5.41, 5.74) is 1.85. The highest BCUT2D eigenvalue weighted by atomic mass is 16.5. The molecule has 192 valence electrons. The van der Waals surface area contributed by atoms with Crippen molar-refractivity contribution in [2.24, 2.45) is 0 Å². The molecule has 3 aromatic heterocycles. The molecule has 0 unspecified atom stereocenters. The Balaban J connectivity index is 1.03. The van der Waals surface area contributed by atoms with Crippen molar-refractivity contribution >= 4 is 16.8 Å². The standard InChI is InChI=1S/C29H34N6O2/c36-29(24-5-8-28(30-22-24)35-16-3-12-31-35)33-17-10-25(11-18-33)34-19-9-23-21-26(6-7-27(23)34)37-20-4-15-32-13-1-2-14-32/h3,5-9,12,16,19,21-22,25H,1-2,4,10-11,13-15,17-18,20H2. The summed E-state index contributed by atoms with van der Waals surface area (Å²) < 4.78 is 10.1. The molecule has 2 fully saturated rings. The number of aromatic nitrogens is 4. The number of nitrogens with zero attached hydrogens (tertiary/aromatic N) is 6. The molecule has 0 aliphatic carbocycles. The second kappa shape index (κ2) is 10.8. The molecule has 0 N–H and O–H groups in total. The number of carbonyl (C=O) groups is 1. The van der Waals surface area contributed by atoms with Gasteiger partial charge in [0.15, 0.2) is 5.82 Å². The topological polar surface area (TPSA) is 68.4 Å². The average molecular weight is 499 g/mol. The zero-order valence-electron chi connectivity index (χ0n) is 21.2. The number of benzene rings is 1. The van der Waals surface area contributed by atoms with Crippen LogP contribution in [0.3, 0.4) is 0 Å². The zero-order valence-corrected chi connectivity index (χ0v) is 21.2. The zero-order chi connectivity index (χ0) is 25.0. The maximum absolute atomic E-state index is 13.1. The van der Waals surface area contributed by atoms with Gasteiger partial charge in [0.25, 0.3) is 5.91 Å². The summed E-state index contributed by atoms with van der Waals surface area (Å²) in [5, 5.41) is 5.40. The Morgan fingerprint density at radius 2 is 1.86 bits per heavy atom. The van der Waals surface area contributed by atoms with E-state index in [2.05, 4.69) is 50.0 Å². The Morgan fingerprint density at radius 3 is 2.62 bits per heavy atom. The minimum atomic E-state index is 0.0434. The minimum Gasteiger partial charge on any atom is -0.494 e. The van der Waals surface area contributed by atoms with Crippen molar-refractivity contribution in [3.8, 4) is 11.6 Å². The summed E-state index contributed by atoms with van der Waals surface area (Å²) in [4.78, 5) is 21.9. The highest BCUT2D eigenvalue weighted by Gasteiger charge is 2.25. The Morgan fingerprint density at radius 1 is 1.00 bits per heavy atom. The summed E-state index contributed by atoms with van der Waals surface area (Å²) in [5.74, 6) is 1.69. The van der Waals surface area contributed by atoms with Gasteiger partial charge in [-0.25, -0.2) is 9.67 Å². The lowest BCUT2D eigenvalue weighted by Gasteiger charge is -2.33. The lowest BCUT2D eigenvalue weighted by atomic mass is 10.0. The van der Waals surface area contributed by atoms with Crippen molar-refractivity contribution in [3.05, 3.63) is 72.8 Å². The van der Waals surface area contributed by atoms with Crippen LogP contribution >= 0.6 is 0 Å². The van der Waals surface area contributed by atoms with Crippen LogP contribution in [-0.2, 0) is 0 Å². The smallest absolute Gasteiger partial charge is 0.255 e. The third-order valence-electron chi connectivity index (χ3n) is 7.66. The molecule has 1 aromatic carbocycles. The van der Waals surface area contributed by atoms with Gasteiger partial charge in [-0.15, -0.1) is 0 Å². The summed E-state index contributed by atoms with van der Waals surface area (Å²) in [7, 11) is 0. The number of carbonyl (C=O) groups excluding carboxylic acids is 1. The monoisotopic (exact) mass is 498 g/mol. The third-order valence-corrected chi connectivity index (χ3v) is 7.66. The van der Waals surface area contributed by atoms with Gasteiger partial charge in [0.2, 0.25) is 0 Å². The van der Waals surface area contributed by atoms with Gasteiger partial charge in [-0.3, -0.25) is 4.79 Å². The van der Waals surface area contributed by atoms with Crippen LogP contribution in [0, 0.1) is 0 Å². The number of fused-ring (bicyclic) bond motifs is 1. The molecule has 2 aliphatic heterocycles. The first-order valence-electron chi connectivity index (χ1n) is 13.5. The largest absolute Gasteiger partial charge is 0.494 e. The van der Waals surface area contributed by atoms with Crippen molar-refractivity contribution in [3.63, 3.8) is 0 Å². The summed E-state index contributed by atoms with van der Waals surface area (Å²) in [6.45, 7) is 5.85. The average Bonchev–Trinajstić information content (AvgIpc) is 3.73. The van der Waals surface area contributed by atoms with Gasteiger partial charge in [0.1, 0.15) is 5.75 Å². The van der Waals surface area contributed by atoms with Gasteiger partial charge in [0, 0.05) is 61.4 Å². The number of likely N-dealkylation sites (tertiary alicyclic amines) is 2. The molecule has 0 atom stereocenters. The van der Waals surface area contributed by atoms with Gasteiger partial charge in [-0.1, -0.05) is 0 Å². The van der Waals surface area contributed by atoms with Crippen LogP contribution in [0.25, 0.3) is 16.7 Å². The lowest BCUT2D eigenvalue weighted by Crippen LogP contribution is -2.39. The first kappa shape index (κ1) is 23.7. The Kier molecular flexibility index (Phi) is 6.90. The molecule has 2 saturated heterocycles. The Labute approximate surface area is 217 Å². The molecule has 4 aromatic rings. The number of pyridine rings is 1. The van der Waals surface area contributed by atoms with Gasteiger partial charge < -0.3 is 19.1 Å². The fourth-order valence-electron chi connectivity index (χ4n) is 5.62. The summed E-state index contributed by atoms with van der Waals surface area (Å²) in [6, 6.07) is 14.5. The van der Waals surface area contributed by atoms with Gasteiger partial charge in [0.05, 0.1) is 12.2 Å². The van der Waals surface area contributed by atoms with Crippen LogP contribution < -0.4 is 4.74 Å². The molecule has 8 heteroatoms. The number of rotatable bonds is 8. The SMILES string of the molecule is O=C(c1ccc(-n2cccn2)nc1)N1CCC(n2ccc3cc(OCCCN4CCCC4)ccc32)CC1. The number of ether oxygens (including phenoxy) is 1. The van der Waals surface area contributed by atoms with Gasteiger partial charge in [-0.05, 0) is 87.7 Å². The molecule has 1 amide bonds. The highest BCUT2D eigenvalue weighted by Crippen LogP contribution is 2.30. The maximum Gasteiger partial charge on any atom is 0.255 e. The van der Waals surface area contributed by atoms with E-state index in [-0.39, 0.29) is 5.91 Å². The molecule has 0 bridgehead atoms. The fraction of sp³-hybridized carbons (Fsp3) is 0.414. The Bertz CT molecular complexity index is 1320. The first-order chi connectivity index (χ1) is 18.2. The second-order valence-corrected chi connectivity index (χ2v) is 10.1. The van der Waals surface area contributed by atoms with E-state index >= 15 is 0 Å². The van der Waals surface area contributed by atoms with E-state index in [4.69, 9.17) is 4.74 Å². The molecular formula is C29H34N6O2. The van der Waals surface area contributed by atoms with E-state index in [9.17, 15) is 4.79 Å². The minimum absolute atomic E-state index is 0.0434. The normalized spacial score (nSPS) is 17.0. The van der Waals surface area contributed by atoms with Crippen LogP contribution in [0.15, 0.2) is 67.3 Å². The molecular weight excluding hydrogens is 464 g/mol. The first-order valence-corrected chi connectivity index (χ1v) is 13.5. The number of hydrogen-bond acceptors (Lipinski definition) is 5. The molecule has 0 saturated carbocycles. The summed E-state index contributed by atoms with van der Waals surface area (Å²) >= 11 is 0. The van der Waals surface area contributed by atoms with Crippen LogP contribution in [0.5, 0.6) is 5.75 Å². The van der Waals surface area contributed by atoms with Crippen LogP contribution in [0.2, 0.25) is 0 Å². The highest BCUT2D eigenvalue weighted by molar-refractivity contribution is 5.94. The molecule has 6 rings (SSSR count). The third kappa shape index (κ3) is 5.25. The van der Waals surface area contributed by atoms with Crippen molar-refractivity contribution < 1.29 is 9.53 Å². The van der Waals surface area contributed by atoms with Gasteiger partial charge >= 0.3 is 0 Å². The van der Waals surface area contributed by atoms with Crippen molar-refractivity contribution in [1.82, 2.24) is 29.1 Å². The molecule has 37 heavy (non-hydrogen) atoms. The molecule has 8 nitrogen and oxygen atoms in total. The predicted molar refractivity (Wildman–Crippen MR) is 143 cm³/mol. The molecule has 0 radical (unpaired) electrons. The lowest BCUT2D eigenvalue weighted by molar-refractivity contribution is 0.0695. The number of amides is 1. The quantitative estimate of drug-likeness (QED) is 0.333. The van der Waals surface area contributed by atoms with Crippen molar-refractivity contribution in [2.75, 3.05) is 39.3 Å². The molecule has 0 spiro atoms. The fourth-order valence-corrected chi connectivity index (χ4v) is 5.62. The van der Waals surface area contributed by atoms with E-state index in [1.54, 1.807) is 17.1 Å². The van der Waals surface area contributed by atoms with E-state index in [1.165, 1.54) is 36.8 Å². The maximum atomic E-state index is 13.1. The van der Waals surface area contributed by atoms with Crippen molar-refractivity contribution in [1.29, 1.82) is 0 Å². The van der Waals surface area contributed by atoms with Crippen molar-refractivity contribution in [2.45, 2.75) is 38.1 Å². The van der Waals surface area contributed by atoms with Crippen LogP contribution in [0.1, 0.15) is 48.5 Å². The molecule has 2 aliphatic rings. The van der Waals surface area contributed by atoms with E-state index < -0.39 is 0 Å². The Hall–Kier alpha value is -3.65. The number of hydrogen-bond donors (Lipinski definition) is 0. The predicted octanol–water partition coefficient (Wildman–Crippen LogP) is 4.56. The summed E-state index contributed by atoms with van der Waals surface area (Å²) in [6.07, 6.45) is 13.0. The molecule has 5 heterocycles. The van der Waals surface area contributed by atoms with Crippen LogP contribution in [-0.4, -0.2) is 74.4 Å². The van der Waals surface area contributed by atoms with E-state index in [0.717, 1.165) is 51.3 Å². The van der Waals surface area contributed by atoms with Crippen LogP contribution in [0.4, 0.5) is 0 Å².